The van der Waals surface area contributed by atoms with Crippen LogP contribution in [0.5, 0.6) is 0 Å². The molecule has 1 amide bonds. The molecule has 1 aromatic carbocycles. The summed E-state index contributed by atoms with van der Waals surface area (Å²) < 4.78 is 2.07. The summed E-state index contributed by atoms with van der Waals surface area (Å²) in [5.41, 5.74) is 2.01. The van der Waals surface area contributed by atoms with Gasteiger partial charge in [0, 0.05) is 62.6 Å². The third-order valence-corrected chi connectivity index (χ3v) is 6.69. The van der Waals surface area contributed by atoms with Gasteiger partial charge in [-0.2, -0.15) is 0 Å². The lowest BCUT2D eigenvalue weighted by Gasteiger charge is -2.49. The van der Waals surface area contributed by atoms with E-state index in [-0.39, 0.29) is 11.4 Å². The summed E-state index contributed by atoms with van der Waals surface area (Å²) in [4.78, 5) is 18.0. The van der Waals surface area contributed by atoms with Crippen molar-refractivity contribution in [3.63, 3.8) is 0 Å². The number of carbonyl (C=O) groups is 1. The number of hydrogen-bond acceptors (Lipinski definition) is 3. The highest BCUT2D eigenvalue weighted by atomic mass is 16.1. The molecular formula is C22H32N4O. The molecule has 1 aliphatic carbocycles. The van der Waals surface area contributed by atoms with Gasteiger partial charge in [-0.05, 0) is 43.5 Å². The van der Waals surface area contributed by atoms with Crippen LogP contribution < -0.4 is 5.32 Å². The molecule has 0 atom stereocenters. The number of fused-ring (bicyclic) bond motifs is 1. The lowest BCUT2D eigenvalue weighted by molar-refractivity contribution is 0.0138. The van der Waals surface area contributed by atoms with Gasteiger partial charge in [0.1, 0.15) is 0 Å². The number of nitrogens with one attached hydrogen (secondary N) is 1. The third-order valence-electron chi connectivity index (χ3n) is 6.69. The highest BCUT2D eigenvalue weighted by molar-refractivity contribution is 5.98. The molecule has 0 radical (unpaired) electrons. The number of aromatic nitrogens is 1. The zero-order valence-electron chi connectivity index (χ0n) is 16.7. The summed E-state index contributed by atoms with van der Waals surface area (Å²) >= 11 is 0. The molecule has 2 heterocycles. The van der Waals surface area contributed by atoms with Gasteiger partial charge in [0.15, 0.2) is 0 Å². The molecule has 27 heavy (non-hydrogen) atoms. The van der Waals surface area contributed by atoms with Crippen molar-refractivity contribution in [1.82, 2.24) is 19.7 Å². The first-order valence-electron chi connectivity index (χ1n) is 10.3. The van der Waals surface area contributed by atoms with Crippen LogP contribution in [0.4, 0.5) is 0 Å². The molecule has 0 unspecified atom stereocenters. The molecule has 0 bridgehead atoms. The van der Waals surface area contributed by atoms with Crippen LogP contribution in [0.25, 0.3) is 10.9 Å². The van der Waals surface area contributed by atoms with E-state index in [2.05, 4.69) is 32.8 Å². The molecule has 5 heteroatoms. The van der Waals surface area contributed by atoms with Crippen LogP contribution in [-0.2, 0) is 7.05 Å². The smallest absolute Gasteiger partial charge is 0.251 e. The zero-order valence-corrected chi connectivity index (χ0v) is 16.7. The molecule has 2 aromatic rings. The molecule has 1 saturated carbocycles. The van der Waals surface area contributed by atoms with E-state index in [0.717, 1.165) is 43.8 Å². The number of piperazine rings is 1. The highest BCUT2D eigenvalue weighted by Gasteiger charge is 2.39. The van der Waals surface area contributed by atoms with E-state index in [1.165, 1.54) is 37.5 Å². The van der Waals surface area contributed by atoms with E-state index >= 15 is 0 Å². The monoisotopic (exact) mass is 368 g/mol. The average molecular weight is 369 g/mol. The first-order chi connectivity index (χ1) is 13.1. The normalized spacial score (nSPS) is 21.4. The molecule has 2 fully saturated rings. The van der Waals surface area contributed by atoms with Crippen molar-refractivity contribution in [2.75, 3.05) is 39.8 Å². The van der Waals surface area contributed by atoms with Gasteiger partial charge in [0.05, 0.1) is 0 Å². The number of rotatable bonds is 4. The Hall–Kier alpha value is -1.85. The zero-order chi connectivity index (χ0) is 18.9. The molecule has 4 rings (SSSR count). The Morgan fingerprint density at radius 3 is 2.52 bits per heavy atom. The number of benzene rings is 1. The van der Waals surface area contributed by atoms with Gasteiger partial charge in [-0.3, -0.25) is 9.69 Å². The van der Waals surface area contributed by atoms with Gasteiger partial charge in [-0.15, -0.1) is 0 Å². The van der Waals surface area contributed by atoms with Crippen molar-refractivity contribution in [3.05, 3.63) is 36.0 Å². The second-order valence-corrected chi connectivity index (χ2v) is 8.46. The second kappa shape index (κ2) is 7.64. The number of amides is 1. The summed E-state index contributed by atoms with van der Waals surface area (Å²) in [5, 5.41) is 4.47. The van der Waals surface area contributed by atoms with Crippen molar-refractivity contribution in [2.24, 2.45) is 7.05 Å². The molecular weight excluding hydrogens is 336 g/mol. The summed E-state index contributed by atoms with van der Waals surface area (Å²) in [7, 11) is 4.22. The van der Waals surface area contributed by atoms with E-state index in [1.54, 1.807) is 0 Å². The molecule has 146 valence electrons. The van der Waals surface area contributed by atoms with Crippen molar-refractivity contribution < 1.29 is 4.79 Å². The van der Waals surface area contributed by atoms with E-state index in [1.807, 2.05) is 31.4 Å². The van der Waals surface area contributed by atoms with Crippen LogP contribution in [-0.4, -0.2) is 65.6 Å². The van der Waals surface area contributed by atoms with E-state index in [0.29, 0.717) is 0 Å². The minimum atomic E-state index is 0.0529. The molecule has 2 aliphatic rings. The Morgan fingerprint density at radius 2 is 1.78 bits per heavy atom. The second-order valence-electron chi connectivity index (χ2n) is 8.46. The topological polar surface area (TPSA) is 40.5 Å². The van der Waals surface area contributed by atoms with Crippen molar-refractivity contribution in [1.29, 1.82) is 0 Å². The van der Waals surface area contributed by atoms with Crippen LogP contribution >= 0.6 is 0 Å². The quantitative estimate of drug-likeness (QED) is 0.902. The number of carbonyl (C=O) groups excluding carboxylic acids is 1. The Balaban J connectivity index is 1.47. The highest BCUT2D eigenvalue weighted by Crippen LogP contribution is 2.34. The van der Waals surface area contributed by atoms with Gasteiger partial charge in [0.2, 0.25) is 0 Å². The fraction of sp³-hybridized carbons (Fsp3) is 0.591. The number of hydrogen-bond donors (Lipinski definition) is 1. The predicted molar refractivity (Wildman–Crippen MR) is 110 cm³/mol. The minimum Gasteiger partial charge on any atom is -0.351 e. The van der Waals surface area contributed by atoms with Crippen LogP contribution in [0, 0.1) is 0 Å². The first kappa shape index (κ1) is 18.5. The number of nitrogens with zero attached hydrogens (tertiary/aromatic N) is 3. The lowest BCUT2D eigenvalue weighted by atomic mass is 9.79. The van der Waals surface area contributed by atoms with E-state index in [9.17, 15) is 4.79 Å². The Bertz CT molecular complexity index is 798. The summed E-state index contributed by atoms with van der Waals surface area (Å²) in [5.74, 6) is 0.0529. The summed E-state index contributed by atoms with van der Waals surface area (Å²) in [6, 6.07) is 8.08. The molecule has 1 aromatic heterocycles. The lowest BCUT2D eigenvalue weighted by Crippen LogP contribution is -2.61. The molecule has 1 N–H and O–H groups in total. The van der Waals surface area contributed by atoms with Gasteiger partial charge in [-0.25, -0.2) is 0 Å². The fourth-order valence-electron chi connectivity index (χ4n) is 4.85. The van der Waals surface area contributed by atoms with Crippen LogP contribution in [0.2, 0.25) is 0 Å². The molecule has 5 nitrogen and oxygen atoms in total. The molecule has 1 aliphatic heterocycles. The molecule has 1 saturated heterocycles. The van der Waals surface area contributed by atoms with Crippen molar-refractivity contribution in [2.45, 2.75) is 37.6 Å². The minimum absolute atomic E-state index is 0.0529. The van der Waals surface area contributed by atoms with E-state index in [4.69, 9.17) is 0 Å². The molecule has 0 spiro atoms. The van der Waals surface area contributed by atoms with Gasteiger partial charge < -0.3 is 14.8 Å². The maximum absolute atomic E-state index is 12.9. The largest absolute Gasteiger partial charge is 0.351 e. The maximum atomic E-state index is 12.9. The predicted octanol–water partition coefficient (Wildman–Crippen LogP) is 2.86. The van der Waals surface area contributed by atoms with E-state index < -0.39 is 0 Å². The van der Waals surface area contributed by atoms with Gasteiger partial charge in [-0.1, -0.05) is 25.3 Å². The van der Waals surface area contributed by atoms with Gasteiger partial charge in [0.25, 0.3) is 5.91 Å². The number of likely N-dealkylation sites (N-methyl/N-ethyl adjacent to an activating group) is 1. The van der Waals surface area contributed by atoms with Crippen LogP contribution in [0.1, 0.15) is 42.5 Å². The summed E-state index contributed by atoms with van der Waals surface area (Å²) in [6.45, 7) is 5.24. The van der Waals surface area contributed by atoms with Crippen LogP contribution in [0.3, 0.4) is 0 Å². The Morgan fingerprint density at radius 1 is 1.04 bits per heavy atom. The third kappa shape index (κ3) is 3.76. The SMILES string of the molecule is CN1CCN(C2(CNC(=O)c3ccc4ccn(C)c4c3)CCCCC2)CC1. The maximum Gasteiger partial charge on any atom is 0.251 e. The van der Waals surface area contributed by atoms with Crippen molar-refractivity contribution >= 4 is 16.8 Å². The van der Waals surface area contributed by atoms with Crippen LogP contribution in [0.15, 0.2) is 30.5 Å². The average Bonchev–Trinajstić information content (AvgIpc) is 3.08. The van der Waals surface area contributed by atoms with Crippen molar-refractivity contribution in [3.8, 4) is 0 Å². The fourth-order valence-corrected chi connectivity index (χ4v) is 4.85. The standard InChI is InChI=1S/C22H32N4O/c1-24-12-14-26(15-13-24)22(9-4-3-5-10-22)17-23-21(27)19-7-6-18-8-11-25(2)20(18)16-19/h6-8,11,16H,3-5,9-10,12-15,17H2,1-2H3,(H,23,27). The Kier molecular flexibility index (Phi) is 5.24. The van der Waals surface area contributed by atoms with Gasteiger partial charge >= 0.3 is 0 Å². The Labute approximate surface area is 162 Å². The first-order valence-corrected chi connectivity index (χ1v) is 10.3. The number of aryl methyl sites for hydroxylation is 1. The summed E-state index contributed by atoms with van der Waals surface area (Å²) in [6.07, 6.45) is 8.32.